The van der Waals surface area contributed by atoms with E-state index in [1.165, 1.54) is 31.5 Å². The van der Waals surface area contributed by atoms with Crippen LogP contribution in [0.5, 0.6) is 11.6 Å². The molecule has 1 amide bonds. The summed E-state index contributed by atoms with van der Waals surface area (Å²) in [7, 11) is -2.12. The predicted molar refractivity (Wildman–Crippen MR) is 131 cm³/mol. The number of carbonyl (C=O) groups is 1. The van der Waals surface area contributed by atoms with Gasteiger partial charge >= 0.3 is 0 Å². The standard InChI is InChI=1S/C25H25F2N3O5S/c1-34-25-19(4-3-11-28-25)24(31)29-21-15-18(36(2,32)33)6-7-22(21)30-12-9-17(10-13-30)35-23-8-5-16(26)14-20(23)27/h3-8,11,14-15,17H,9-10,12-13H2,1-2H3,(H,29,31). The number of carbonyl (C=O) groups excluding carboxylic acids is 1. The van der Waals surface area contributed by atoms with Crippen LogP contribution in [0.4, 0.5) is 20.2 Å². The van der Waals surface area contributed by atoms with Crippen molar-refractivity contribution in [3.8, 4) is 11.6 Å². The molecule has 0 bridgehead atoms. The van der Waals surface area contributed by atoms with Crippen LogP contribution < -0.4 is 19.7 Å². The number of hydrogen-bond donors (Lipinski definition) is 1. The molecule has 190 valence electrons. The molecule has 2 heterocycles. The first-order chi connectivity index (χ1) is 17.2. The molecule has 1 aliphatic rings. The maximum atomic E-state index is 14.0. The fraction of sp³-hybridized carbons (Fsp3) is 0.280. The minimum absolute atomic E-state index is 0.00859. The highest BCUT2D eigenvalue weighted by Gasteiger charge is 2.25. The molecule has 0 aliphatic carbocycles. The highest BCUT2D eigenvalue weighted by molar-refractivity contribution is 7.90. The third-order valence-corrected chi connectivity index (χ3v) is 6.93. The predicted octanol–water partition coefficient (Wildman–Crippen LogP) is 4.07. The lowest BCUT2D eigenvalue weighted by Crippen LogP contribution is -2.38. The molecule has 1 N–H and O–H groups in total. The molecule has 0 unspecified atom stereocenters. The fourth-order valence-electron chi connectivity index (χ4n) is 4.00. The van der Waals surface area contributed by atoms with Gasteiger partial charge in [0.1, 0.15) is 17.5 Å². The molecular formula is C25H25F2N3O5S. The molecule has 1 aromatic heterocycles. The number of amides is 1. The lowest BCUT2D eigenvalue weighted by atomic mass is 10.1. The monoisotopic (exact) mass is 517 g/mol. The van der Waals surface area contributed by atoms with Gasteiger partial charge in [0, 0.05) is 44.5 Å². The summed E-state index contributed by atoms with van der Waals surface area (Å²) in [6.07, 6.45) is 3.38. The van der Waals surface area contributed by atoms with E-state index in [2.05, 4.69) is 10.3 Å². The molecule has 0 radical (unpaired) electrons. The first-order valence-corrected chi connectivity index (χ1v) is 13.1. The molecule has 0 spiro atoms. The summed E-state index contributed by atoms with van der Waals surface area (Å²) in [6.45, 7) is 1.01. The Labute approximate surface area is 207 Å². The van der Waals surface area contributed by atoms with E-state index in [0.29, 0.717) is 37.3 Å². The Bertz CT molecular complexity index is 1380. The number of nitrogens with zero attached hydrogens (tertiary/aromatic N) is 2. The van der Waals surface area contributed by atoms with Gasteiger partial charge in [0.25, 0.3) is 5.91 Å². The van der Waals surface area contributed by atoms with E-state index in [-0.39, 0.29) is 28.2 Å². The van der Waals surface area contributed by atoms with E-state index < -0.39 is 27.4 Å². The summed E-state index contributed by atoms with van der Waals surface area (Å²) in [5.74, 6) is -1.81. The summed E-state index contributed by atoms with van der Waals surface area (Å²) in [5, 5.41) is 2.79. The highest BCUT2D eigenvalue weighted by Crippen LogP contribution is 2.33. The van der Waals surface area contributed by atoms with Crippen LogP contribution in [0.15, 0.2) is 59.6 Å². The number of anilines is 2. The van der Waals surface area contributed by atoms with Crippen LogP contribution in [-0.2, 0) is 9.84 Å². The second-order valence-electron chi connectivity index (χ2n) is 8.34. The minimum Gasteiger partial charge on any atom is -0.487 e. The zero-order valence-corrected chi connectivity index (χ0v) is 20.5. The van der Waals surface area contributed by atoms with E-state index in [1.54, 1.807) is 18.2 Å². The van der Waals surface area contributed by atoms with E-state index in [1.807, 2.05) is 4.90 Å². The quantitative estimate of drug-likeness (QED) is 0.505. The van der Waals surface area contributed by atoms with E-state index >= 15 is 0 Å². The van der Waals surface area contributed by atoms with E-state index in [0.717, 1.165) is 18.4 Å². The Morgan fingerprint density at radius 1 is 1.11 bits per heavy atom. The van der Waals surface area contributed by atoms with Crippen LogP contribution in [0, 0.1) is 11.6 Å². The number of ether oxygens (including phenoxy) is 2. The zero-order valence-electron chi connectivity index (χ0n) is 19.7. The van der Waals surface area contributed by atoms with Crippen LogP contribution >= 0.6 is 0 Å². The Balaban J connectivity index is 1.55. The van der Waals surface area contributed by atoms with Crippen LogP contribution in [0.1, 0.15) is 23.2 Å². The topological polar surface area (TPSA) is 97.8 Å². The Morgan fingerprint density at radius 2 is 1.86 bits per heavy atom. The third-order valence-electron chi connectivity index (χ3n) is 5.82. The van der Waals surface area contributed by atoms with Crippen LogP contribution in [-0.4, -0.2) is 51.9 Å². The Kier molecular flexibility index (Phi) is 7.39. The van der Waals surface area contributed by atoms with Gasteiger partial charge in [-0.05, 0) is 42.5 Å². The maximum absolute atomic E-state index is 14.0. The van der Waals surface area contributed by atoms with E-state index in [4.69, 9.17) is 9.47 Å². The molecule has 1 aliphatic heterocycles. The number of hydrogen-bond acceptors (Lipinski definition) is 7. The summed E-state index contributed by atoms with van der Waals surface area (Å²) in [5.41, 5.74) is 1.15. The molecule has 11 heteroatoms. The smallest absolute Gasteiger partial charge is 0.261 e. The zero-order chi connectivity index (χ0) is 25.9. The van der Waals surface area contributed by atoms with Gasteiger partial charge < -0.3 is 19.7 Å². The number of pyridine rings is 1. The van der Waals surface area contributed by atoms with Crippen molar-refractivity contribution in [3.05, 3.63) is 71.9 Å². The van der Waals surface area contributed by atoms with Gasteiger partial charge in [-0.1, -0.05) is 0 Å². The summed E-state index contributed by atoms with van der Waals surface area (Å²) < 4.78 is 62.4. The van der Waals surface area contributed by atoms with Gasteiger partial charge in [-0.3, -0.25) is 4.79 Å². The van der Waals surface area contributed by atoms with Crippen molar-refractivity contribution in [1.29, 1.82) is 0 Å². The first-order valence-electron chi connectivity index (χ1n) is 11.2. The first kappa shape index (κ1) is 25.4. The van der Waals surface area contributed by atoms with Gasteiger partial charge in [0.05, 0.1) is 23.4 Å². The van der Waals surface area contributed by atoms with Crippen molar-refractivity contribution >= 4 is 27.1 Å². The highest BCUT2D eigenvalue weighted by atomic mass is 32.2. The normalized spacial score (nSPS) is 14.4. The number of sulfone groups is 1. The summed E-state index contributed by atoms with van der Waals surface area (Å²) in [4.78, 5) is 19.1. The minimum atomic E-state index is -3.53. The molecule has 4 rings (SSSR count). The summed E-state index contributed by atoms with van der Waals surface area (Å²) >= 11 is 0. The lowest BCUT2D eigenvalue weighted by Gasteiger charge is -2.35. The average molecular weight is 518 g/mol. The number of nitrogens with one attached hydrogen (secondary N) is 1. The van der Waals surface area contributed by atoms with Crippen molar-refractivity contribution in [2.75, 3.05) is 36.7 Å². The van der Waals surface area contributed by atoms with Crippen LogP contribution in [0.25, 0.3) is 0 Å². The Hall–Kier alpha value is -3.73. The van der Waals surface area contributed by atoms with Crippen molar-refractivity contribution in [2.45, 2.75) is 23.8 Å². The molecule has 1 fully saturated rings. The number of halogens is 2. The molecule has 0 saturated carbocycles. The van der Waals surface area contributed by atoms with Gasteiger partial charge in [-0.25, -0.2) is 22.2 Å². The molecule has 0 atom stereocenters. The average Bonchev–Trinajstić information content (AvgIpc) is 2.85. The van der Waals surface area contributed by atoms with Crippen molar-refractivity contribution in [2.24, 2.45) is 0 Å². The summed E-state index contributed by atoms with van der Waals surface area (Å²) in [6, 6.07) is 10.9. The van der Waals surface area contributed by atoms with Gasteiger partial charge in [0.2, 0.25) is 5.88 Å². The van der Waals surface area contributed by atoms with Gasteiger partial charge in [-0.15, -0.1) is 0 Å². The molecule has 3 aromatic rings. The number of methoxy groups -OCH3 is 1. The molecule has 36 heavy (non-hydrogen) atoms. The number of benzene rings is 2. The SMILES string of the molecule is COc1ncccc1C(=O)Nc1cc(S(C)(=O)=O)ccc1N1CCC(Oc2ccc(F)cc2F)CC1. The molecule has 2 aromatic carbocycles. The Morgan fingerprint density at radius 3 is 2.53 bits per heavy atom. The van der Waals surface area contributed by atoms with Crippen molar-refractivity contribution in [3.63, 3.8) is 0 Å². The molecule has 8 nitrogen and oxygen atoms in total. The molecule has 1 saturated heterocycles. The largest absolute Gasteiger partial charge is 0.487 e. The lowest BCUT2D eigenvalue weighted by molar-refractivity contribution is 0.102. The van der Waals surface area contributed by atoms with Gasteiger partial charge in [0.15, 0.2) is 21.4 Å². The third kappa shape index (κ3) is 5.73. The van der Waals surface area contributed by atoms with Crippen molar-refractivity contribution < 1.29 is 31.5 Å². The number of rotatable bonds is 7. The fourth-order valence-corrected chi connectivity index (χ4v) is 4.65. The van der Waals surface area contributed by atoms with Gasteiger partial charge in [-0.2, -0.15) is 0 Å². The number of aromatic nitrogens is 1. The van der Waals surface area contributed by atoms with E-state index in [9.17, 15) is 22.0 Å². The second kappa shape index (κ2) is 10.5. The second-order valence-corrected chi connectivity index (χ2v) is 10.4. The van der Waals surface area contributed by atoms with Crippen molar-refractivity contribution in [1.82, 2.24) is 4.98 Å². The molecular weight excluding hydrogens is 492 g/mol. The maximum Gasteiger partial charge on any atom is 0.261 e. The van der Waals surface area contributed by atoms with Crippen LogP contribution in [0.2, 0.25) is 0 Å². The number of piperidine rings is 1. The van der Waals surface area contributed by atoms with Crippen LogP contribution in [0.3, 0.4) is 0 Å².